The monoisotopic (exact) mass is 400 g/mol. The van der Waals surface area contributed by atoms with E-state index in [1.54, 1.807) is 19.2 Å². The van der Waals surface area contributed by atoms with Gasteiger partial charge < -0.3 is 14.8 Å². The minimum Gasteiger partial charge on any atom is -0.381 e. The van der Waals surface area contributed by atoms with Gasteiger partial charge in [0.05, 0.1) is 5.60 Å². The molecule has 7 heteroatoms. The second kappa shape index (κ2) is 8.08. The van der Waals surface area contributed by atoms with Crippen LogP contribution in [0.2, 0.25) is 0 Å². The summed E-state index contributed by atoms with van der Waals surface area (Å²) in [5.74, 6) is -0.758. The lowest BCUT2D eigenvalue weighted by atomic mass is 9.84. The van der Waals surface area contributed by atoms with Crippen molar-refractivity contribution in [3.05, 3.63) is 63.8 Å². The molecular weight excluding hydrogens is 375 g/mol. The summed E-state index contributed by atoms with van der Waals surface area (Å²) in [5, 5.41) is 3.04. The molecule has 154 valence electrons. The van der Waals surface area contributed by atoms with Crippen molar-refractivity contribution in [2.75, 3.05) is 19.8 Å². The van der Waals surface area contributed by atoms with Crippen molar-refractivity contribution in [1.82, 2.24) is 9.88 Å². The van der Waals surface area contributed by atoms with Gasteiger partial charge in [0.1, 0.15) is 11.4 Å². The summed E-state index contributed by atoms with van der Waals surface area (Å²) in [4.78, 5) is 26.0. The van der Waals surface area contributed by atoms with Gasteiger partial charge in [0, 0.05) is 37.7 Å². The third-order valence-corrected chi connectivity index (χ3v) is 5.86. The largest absolute Gasteiger partial charge is 0.381 e. The summed E-state index contributed by atoms with van der Waals surface area (Å²) < 4.78 is 26.1. The highest BCUT2D eigenvalue weighted by atomic mass is 19.1. The zero-order valence-electron chi connectivity index (χ0n) is 16.4. The SMILES string of the molecule is Cc1ccn(-c2ccc(F)cc2)c(=O)c1C(=O)NC1CCOC2(CCOCC2)C1. The van der Waals surface area contributed by atoms with Crippen LogP contribution in [-0.2, 0) is 9.47 Å². The predicted octanol–water partition coefficient (Wildman–Crippen LogP) is 2.74. The number of hydrogen-bond acceptors (Lipinski definition) is 4. The number of carbonyl (C=O) groups excluding carboxylic acids is 1. The highest BCUT2D eigenvalue weighted by Gasteiger charge is 2.39. The average Bonchev–Trinajstić information content (AvgIpc) is 2.70. The van der Waals surface area contributed by atoms with Crippen LogP contribution in [0, 0.1) is 12.7 Å². The standard InChI is InChI=1S/C22H25FN2O4/c1-15-6-10-25(18-4-2-16(23)3-5-18)21(27)19(15)20(26)24-17-7-11-29-22(14-17)8-12-28-13-9-22/h2-6,10,17H,7-9,11-14H2,1H3,(H,24,26). The Balaban J connectivity index is 1.56. The van der Waals surface area contributed by atoms with Crippen LogP contribution in [0.5, 0.6) is 0 Å². The van der Waals surface area contributed by atoms with Crippen molar-refractivity contribution >= 4 is 5.91 Å². The fourth-order valence-electron chi connectivity index (χ4n) is 4.21. The van der Waals surface area contributed by atoms with Crippen LogP contribution >= 0.6 is 0 Å². The summed E-state index contributed by atoms with van der Waals surface area (Å²) in [6.07, 6.45) is 4.68. The van der Waals surface area contributed by atoms with Gasteiger partial charge in [-0.2, -0.15) is 0 Å². The zero-order chi connectivity index (χ0) is 20.4. The fourth-order valence-corrected chi connectivity index (χ4v) is 4.21. The second-order valence-corrected chi connectivity index (χ2v) is 7.83. The molecule has 29 heavy (non-hydrogen) atoms. The minimum absolute atomic E-state index is 0.0485. The molecule has 2 saturated heterocycles. The average molecular weight is 400 g/mol. The fraction of sp³-hybridized carbons (Fsp3) is 0.455. The molecule has 0 aliphatic carbocycles. The first-order valence-electron chi connectivity index (χ1n) is 9.98. The van der Waals surface area contributed by atoms with E-state index in [1.165, 1.54) is 28.8 Å². The van der Waals surface area contributed by atoms with Gasteiger partial charge in [-0.15, -0.1) is 0 Å². The van der Waals surface area contributed by atoms with Crippen molar-refractivity contribution < 1.29 is 18.7 Å². The lowest BCUT2D eigenvalue weighted by Crippen LogP contribution is -2.51. The van der Waals surface area contributed by atoms with E-state index >= 15 is 0 Å². The smallest absolute Gasteiger partial charge is 0.268 e. The second-order valence-electron chi connectivity index (χ2n) is 7.83. The third kappa shape index (κ3) is 4.11. The summed E-state index contributed by atoms with van der Waals surface area (Å²) >= 11 is 0. The Hall–Kier alpha value is -2.51. The highest BCUT2D eigenvalue weighted by Crippen LogP contribution is 2.34. The van der Waals surface area contributed by atoms with Gasteiger partial charge in [-0.05, 0) is 68.5 Å². The van der Waals surface area contributed by atoms with Gasteiger partial charge >= 0.3 is 0 Å². The molecule has 1 atom stereocenters. The van der Waals surface area contributed by atoms with Gasteiger partial charge in [0.25, 0.3) is 11.5 Å². The molecule has 1 spiro atoms. The number of halogens is 1. The number of pyridine rings is 1. The van der Waals surface area contributed by atoms with Crippen LogP contribution in [-0.4, -0.2) is 41.9 Å². The maximum atomic E-state index is 13.2. The molecule has 4 rings (SSSR count). The van der Waals surface area contributed by atoms with Crippen LogP contribution in [0.4, 0.5) is 4.39 Å². The minimum atomic E-state index is -0.415. The first-order valence-corrected chi connectivity index (χ1v) is 9.98. The Morgan fingerprint density at radius 2 is 1.90 bits per heavy atom. The number of ether oxygens (including phenoxy) is 2. The number of nitrogens with zero attached hydrogens (tertiary/aromatic N) is 1. The van der Waals surface area contributed by atoms with Crippen molar-refractivity contribution in [2.45, 2.75) is 44.2 Å². The lowest BCUT2D eigenvalue weighted by Gasteiger charge is -2.43. The van der Waals surface area contributed by atoms with E-state index in [4.69, 9.17) is 9.47 Å². The summed E-state index contributed by atoms with van der Waals surface area (Å²) in [6, 6.07) is 7.28. The van der Waals surface area contributed by atoms with Gasteiger partial charge in [0.2, 0.25) is 0 Å². The normalized spacial score (nSPS) is 21.1. The molecule has 2 aromatic rings. The van der Waals surface area contributed by atoms with Crippen molar-refractivity contribution in [3.8, 4) is 5.69 Å². The molecule has 1 unspecified atom stereocenters. The number of nitrogens with one attached hydrogen (secondary N) is 1. The lowest BCUT2D eigenvalue weighted by molar-refractivity contribution is -0.139. The number of aryl methyl sites for hydroxylation is 1. The van der Waals surface area contributed by atoms with Crippen molar-refractivity contribution in [2.24, 2.45) is 0 Å². The van der Waals surface area contributed by atoms with E-state index < -0.39 is 5.56 Å². The van der Waals surface area contributed by atoms with E-state index in [0.717, 1.165) is 19.3 Å². The topological polar surface area (TPSA) is 69.6 Å². The Labute approximate surface area is 168 Å². The Kier molecular flexibility index (Phi) is 5.52. The molecule has 2 aliphatic rings. The quantitative estimate of drug-likeness (QED) is 0.860. The molecule has 6 nitrogen and oxygen atoms in total. The zero-order valence-corrected chi connectivity index (χ0v) is 16.4. The number of aromatic nitrogens is 1. The van der Waals surface area contributed by atoms with Gasteiger partial charge in [-0.3, -0.25) is 14.2 Å². The van der Waals surface area contributed by atoms with E-state index in [2.05, 4.69) is 5.32 Å². The van der Waals surface area contributed by atoms with Crippen molar-refractivity contribution in [3.63, 3.8) is 0 Å². The van der Waals surface area contributed by atoms with Crippen molar-refractivity contribution in [1.29, 1.82) is 0 Å². The molecule has 1 N–H and O–H groups in total. The first-order chi connectivity index (χ1) is 14.0. The third-order valence-electron chi connectivity index (χ3n) is 5.86. The van der Waals surface area contributed by atoms with E-state index in [9.17, 15) is 14.0 Å². The molecular formula is C22H25FN2O4. The molecule has 2 aliphatic heterocycles. The Morgan fingerprint density at radius 3 is 2.62 bits per heavy atom. The van der Waals surface area contributed by atoms with Gasteiger partial charge in [-0.25, -0.2) is 4.39 Å². The molecule has 1 aromatic carbocycles. The maximum Gasteiger partial charge on any atom is 0.268 e. The van der Waals surface area contributed by atoms with Crippen LogP contribution in [0.3, 0.4) is 0 Å². The van der Waals surface area contributed by atoms with Crippen LogP contribution in [0.1, 0.15) is 41.6 Å². The molecule has 2 fully saturated rings. The Morgan fingerprint density at radius 1 is 1.17 bits per heavy atom. The number of carbonyl (C=O) groups is 1. The molecule has 1 aromatic heterocycles. The van der Waals surface area contributed by atoms with Crippen LogP contribution < -0.4 is 10.9 Å². The Bertz CT molecular complexity index is 943. The predicted molar refractivity (Wildman–Crippen MR) is 106 cm³/mol. The number of rotatable bonds is 3. The number of amides is 1. The van der Waals surface area contributed by atoms with Gasteiger partial charge in [-0.1, -0.05) is 0 Å². The molecule has 0 radical (unpaired) electrons. The van der Waals surface area contributed by atoms with E-state index in [1.807, 2.05) is 0 Å². The number of hydrogen-bond donors (Lipinski definition) is 1. The van der Waals surface area contributed by atoms with Gasteiger partial charge in [0.15, 0.2) is 0 Å². The maximum absolute atomic E-state index is 13.2. The summed E-state index contributed by atoms with van der Waals surface area (Å²) in [5.41, 5.74) is 0.580. The molecule has 1 amide bonds. The number of benzene rings is 1. The summed E-state index contributed by atoms with van der Waals surface area (Å²) in [7, 11) is 0. The van der Waals surface area contributed by atoms with E-state index in [-0.39, 0.29) is 28.9 Å². The van der Waals surface area contributed by atoms with Crippen LogP contribution in [0.15, 0.2) is 41.3 Å². The summed E-state index contributed by atoms with van der Waals surface area (Å²) in [6.45, 7) is 3.66. The molecule has 3 heterocycles. The van der Waals surface area contributed by atoms with E-state index in [0.29, 0.717) is 37.5 Å². The van der Waals surface area contributed by atoms with Crippen LogP contribution in [0.25, 0.3) is 5.69 Å². The molecule has 0 saturated carbocycles. The first kappa shape index (κ1) is 19.8. The highest BCUT2D eigenvalue weighted by molar-refractivity contribution is 5.95. The molecule has 0 bridgehead atoms.